The van der Waals surface area contributed by atoms with Crippen LogP contribution in [0, 0.1) is 5.92 Å². The SMILES string of the molecule is Cl.O=C(Nc1cccc(C(=O)N2CCOCC2)c1)C1CC2CCCCC2N1. The number of carbonyl (C=O) groups excluding carboxylic acids is 2. The van der Waals surface area contributed by atoms with E-state index in [4.69, 9.17) is 4.74 Å². The first-order chi connectivity index (χ1) is 12.7. The standard InChI is InChI=1S/C20H27N3O3.ClH/c24-19(18-13-14-4-1-2-7-17(14)22-18)21-16-6-3-5-15(12-16)20(25)23-8-10-26-11-9-23;/h3,5-6,12,14,17-18,22H,1-2,4,7-11,13H2,(H,21,24);1H. The second-order valence-corrected chi connectivity index (χ2v) is 7.58. The third kappa shape index (κ3) is 4.62. The van der Waals surface area contributed by atoms with Crippen LogP contribution in [0.3, 0.4) is 0 Å². The van der Waals surface area contributed by atoms with Crippen LogP contribution in [0.4, 0.5) is 5.69 Å². The Morgan fingerprint density at radius 2 is 1.93 bits per heavy atom. The normalized spacial score (nSPS) is 27.4. The minimum absolute atomic E-state index is 0. The van der Waals surface area contributed by atoms with Gasteiger partial charge in [-0.15, -0.1) is 12.4 Å². The fraction of sp³-hybridized carbons (Fsp3) is 0.600. The summed E-state index contributed by atoms with van der Waals surface area (Å²) in [6.07, 6.45) is 5.86. The van der Waals surface area contributed by atoms with E-state index in [-0.39, 0.29) is 30.3 Å². The van der Waals surface area contributed by atoms with E-state index in [1.165, 1.54) is 25.7 Å². The molecule has 2 saturated heterocycles. The van der Waals surface area contributed by atoms with Crippen LogP contribution >= 0.6 is 12.4 Å². The molecular weight excluding hydrogens is 366 g/mol. The van der Waals surface area contributed by atoms with Crippen molar-refractivity contribution in [1.82, 2.24) is 10.2 Å². The van der Waals surface area contributed by atoms with Crippen molar-refractivity contribution < 1.29 is 14.3 Å². The monoisotopic (exact) mass is 393 g/mol. The molecule has 0 aromatic heterocycles. The maximum atomic E-state index is 12.7. The summed E-state index contributed by atoms with van der Waals surface area (Å²) in [4.78, 5) is 27.1. The molecule has 3 aliphatic rings. The highest BCUT2D eigenvalue weighted by Gasteiger charge is 2.38. The largest absolute Gasteiger partial charge is 0.378 e. The van der Waals surface area contributed by atoms with E-state index in [1.807, 2.05) is 12.1 Å². The lowest BCUT2D eigenvalue weighted by atomic mass is 9.85. The van der Waals surface area contributed by atoms with E-state index >= 15 is 0 Å². The molecule has 2 amide bonds. The van der Waals surface area contributed by atoms with Crippen molar-refractivity contribution in [2.24, 2.45) is 5.92 Å². The topological polar surface area (TPSA) is 70.7 Å². The number of fused-ring (bicyclic) bond motifs is 1. The summed E-state index contributed by atoms with van der Waals surface area (Å²) < 4.78 is 5.30. The number of amides is 2. The predicted molar refractivity (Wildman–Crippen MR) is 106 cm³/mol. The number of ether oxygens (including phenoxy) is 1. The molecule has 3 atom stereocenters. The Morgan fingerprint density at radius 1 is 1.15 bits per heavy atom. The molecule has 3 fully saturated rings. The maximum absolute atomic E-state index is 12.7. The van der Waals surface area contributed by atoms with Gasteiger partial charge in [0.2, 0.25) is 5.91 Å². The number of rotatable bonds is 3. The Hall–Kier alpha value is -1.63. The first kappa shape index (κ1) is 20.1. The lowest BCUT2D eigenvalue weighted by molar-refractivity contribution is -0.117. The first-order valence-corrected chi connectivity index (χ1v) is 9.75. The summed E-state index contributed by atoms with van der Waals surface area (Å²) in [5, 5.41) is 6.50. The highest BCUT2D eigenvalue weighted by atomic mass is 35.5. The van der Waals surface area contributed by atoms with Crippen molar-refractivity contribution in [3.63, 3.8) is 0 Å². The number of benzene rings is 1. The molecule has 1 aliphatic carbocycles. The summed E-state index contributed by atoms with van der Waals surface area (Å²) >= 11 is 0. The Morgan fingerprint density at radius 3 is 2.70 bits per heavy atom. The third-order valence-corrected chi connectivity index (χ3v) is 5.85. The number of morpholine rings is 1. The van der Waals surface area contributed by atoms with Crippen molar-refractivity contribution >= 4 is 29.9 Å². The van der Waals surface area contributed by atoms with Crippen LogP contribution in [0.2, 0.25) is 0 Å². The molecule has 6 nitrogen and oxygen atoms in total. The van der Waals surface area contributed by atoms with Crippen LogP contribution in [-0.2, 0) is 9.53 Å². The van der Waals surface area contributed by atoms with E-state index in [2.05, 4.69) is 10.6 Å². The lowest BCUT2D eigenvalue weighted by Crippen LogP contribution is -2.41. The quantitative estimate of drug-likeness (QED) is 0.827. The molecule has 1 saturated carbocycles. The number of hydrogen-bond donors (Lipinski definition) is 2. The highest BCUT2D eigenvalue weighted by Crippen LogP contribution is 2.33. The molecule has 148 valence electrons. The zero-order chi connectivity index (χ0) is 17.9. The molecule has 1 aromatic carbocycles. The molecule has 1 aromatic rings. The number of nitrogens with one attached hydrogen (secondary N) is 2. The minimum atomic E-state index is -0.123. The Kier molecular flexibility index (Phi) is 6.73. The van der Waals surface area contributed by atoms with Crippen LogP contribution < -0.4 is 10.6 Å². The zero-order valence-electron chi connectivity index (χ0n) is 15.5. The molecule has 2 N–H and O–H groups in total. The van der Waals surface area contributed by atoms with Crippen molar-refractivity contribution in [1.29, 1.82) is 0 Å². The van der Waals surface area contributed by atoms with E-state index < -0.39 is 0 Å². The average molecular weight is 394 g/mol. The number of anilines is 1. The van der Waals surface area contributed by atoms with Crippen LogP contribution in [0.1, 0.15) is 42.5 Å². The van der Waals surface area contributed by atoms with Gasteiger partial charge in [0.15, 0.2) is 0 Å². The molecular formula is C20H28ClN3O3. The van der Waals surface area contributed by atoms with Crippen molar-refractivity contribution in [2.45, 2.75) is 44.2 Å². The second kappa shape index (κ2) is 9.04. The summed E-state index contributed by atoms with van der Waals surface area (Å²) in [6, 6.07) is 7.62. The van der Waals surface area contributed by atoms with E-state index in [9.17, 15) is 9.59 Å². The summed E-state index contributed by atoms with van der Waals surface area (Å²) in [7, 11) is 0. The number of nitrogens with zero attached hydrogens (tertiary/aromatic N) is 1. The van der Waals surface area contributed by atoms with Gasteiger partial charge in [0.1, 0.15) is 0 Å². The molecule has 2 aliphatic heterocycles. The van der Waals surface area contributed by atoms with Gasteiger partial charge in [-0.05, 0) is 43.4 Å². The molecule has 0 spiro atoms. The van der Waals surface area contributed by atoms with E-state index in [1.54, 1.807) is 17.0 Å². The highest BCUT2D eigenvalue weighted by molar-refractivity contribution is 5.98. The Labute approximate surface area is 166 Å². The van der Waals surface area contributed by atoms with Crippen LogP contribution in [0.15, 0.2) is 24.3 Å². The lowest BCUT2D eigenvalue weighted by Gasteiger charge is -2.27. The minimum Gasteiger partial charge on any atom is -0.378 e. The van der Waals surface area contributed by atoms with Crippen molar-refractivity contribution in [3.8, 4) is 0 Å². The Balaban J connectivity index is 0.00000210. The number of carbonyl (C=O) groups is 2. The van der Waals surface area contributed by atoms with Gasteiger partial charge in [-0.25, -0.2) is 0 Å². The third-order valence-electron chi connectivity index (χ3n) is 5.85. The average Bonchev–Trinajstić information content (AvgIpc) is 3.13. The molecule has 0 radical (unpaired) electrons. The van der Waals surface area contributed by atoms with Crippen molar-refractivity contribution in [2.75, 3.05) is 31.6 Å². The smallest absolute Gasteiger partial charge is 0.254 e. The molecule has 0 bridgehead atoms. The van der Waals surface area contributed by atoms with Gasteiger partial charge < -0.3 is 20.3 Å². The molecule has 27 heavy (non-hydrogen) atoms. The van der Waals surface area contributed by atoms with Gasteiger partial charge >= 0.3 is 0 Å². The number of halogens is 1. The van der Waals surface area contributed by atoms with E-state index in [0.717, 1.165) is 6.42 Å². The van der Waals surface area contributed by atoms with Crippen molar-refractivity contribution in [3.05, 3.63) is 29.8 Å². The Bertz CT molecular complexity index is 664. The molecule has 4 rings (SSSR count). The molecule has 7 heteroatoms. The van der Waals surface area contributed by atoms with Gasteiger partial charge in [0.25, 0.3) is 5.91 Å². The van der Waals surface area contributed by atoms with E-state index in [0.29, 0.717) is 49.5 Å². The first-order valence-electron chi connectivity index (χ1n) is 9.75. The van der Waals surface area contributed by atoms with Gasteiger partial charge in [0.05, 0.1) is 19.3 Å². The van der Waals surface area contributed by atoms with Gasteiger partial charge in [-0.2, -0.15) is 0 Å². The van der Waals surface area contributed by atoms with Gasteiger partial charge in [-0.3, -0.25) is 9.59 Å². The van der Waals surface area contributed by atoms with Crippen LogP contribution in [0.5, 0.6) is 0 Å². The molecule has 2 heterocycles. The second-order valence-electron chi connectivity index (χ2n) is 7.58. The fourth-order valence-corrected chi connectivity index (χ4v) is 4.43. The summed E-state index contributed by atoms with van der Waals surface area (Å²) in [5.74, 6) is 0.638. The summed E-state index contributed by atoms with van der Waals surface area (Å²) in [6.45, 7) is 2.39. The van der Waals surface area contributed by atoms with Crippen LogP contribution in [0.25, 0.3) is 0 Å². The summed E-state index contributed by atoms with van der Waals surface area (Å²) in [5.41, 5.74) is 1.29. The zero-order valence-corrected chi connectivity index (χ0v) is 16.3. The van der Waals surface area contributed by atoms with Crippen LogP contribution in [-0.4, -0.2) is 55.1 Å². The number of hydrogen-bond acceptors (Lipinski definition) is 4. The fourth-order valence-electron chi connectivity index (χ4n) is 4.43. The maximum Gasteiger partial charge on any atom is 0.254 e. The predicted octanol–water partition coefficient (Wildman–Crippen LogP) is 2.44. The van der Waals surface area contributed by atoms with Gasteiger partial charge in [0, 0.05) is 30.4 Å². The molecule has 3 unspecified atom stereocenters. The van der Waals surface area contributed by atoms with Gasteiger partial charge in [-0.1, -0.05) is 18.9 Å².